The van der Waals surface area contributed by atoms with Crippen LogP contribution in [0.2, 0.25) is 0 Å². The molecule has 140 valence electrons. The summed E-state index contributed by atoms with van der Waals surface area (Å²) < 4.78 is 10.7. The highest BCUT2D eigenvalue weighted by Gasteiger charge is 2.19. The van der Waals surface area contributed by atoms with Crippen LogP contribution in [0.1, 0.15) is 18.5 Å². The van der Waals surface area contributed by atoms with Gasteiger partial charge < -0.3 is 13.8 Å². The second kappa shape index (κ2) is 7.75. The van der Waals surface area contributed by atoms with Crippen LogP contribution in [-0.4, -0.2) is 52.7 Å². The zero-order valence-corrected chi connectivity index (χ0v) is 15.6. The van der Waals surface area contributed by atoms with Crippen LogP contribution >= 0.6 is 0 Å². The molecule has 0 aliphatic carbocycles. The van der Waals surface area contributed by atoms with E-state index in [1.807, 2.05) is 31.2 Å². The van der Waals surface area contributed by atoms with E-state index in [0.717, 1.165) is 49.9 Å². The van der Waals surface area contributed by atoms with Crippen molar-refractivity contribution in [2.75, 3.05) is 37.6 Å². The number of hydrogen-bond acceptors (Lipinski definition) is 7. The zero-order valence-electron chi connectivity index (χ0n) is 15.6. The standard InChI is InChI=1S/C20H23N5O2/c1-15(12-18-4-3-11-26-18)14-24-7-9-25(10-8-24)19-13-17(5-6-21-19)20-22-16(2)23-27-20/h3-6,11-13H,7-10,14H2,1-2H3. The lowest BCUT2D eigenvalue weighted by atomic mass is 10.2. The fraction of sp³-hybridized carbons (Fsp3) is 0.350. The number of rotatable bonds is 5. The number of anilines is 1. The molecule has 27 heavy (non-hydrogen) atoms. The van der Waals surface area contributed by atoms with E-state index in [1.165, 1.54) is 5.57 Å². The van der Waals surface area contributed by atoms with Crippen LogP contribution in [0.4, 0.5) is 5.82 Å². The first kappa shape index (κ1) is 17.5. The molecule has 4 heterocycles. The van der Waals surface area contributed by atoms with Crippen molar-refractivity contribution in [3.63, 3.8) is 0 Å². The lowest BCUT2D eigenvalue weighted by Gasteiger charge is -2.35. The van der Waals surface area contributed by atoms with Crippen molar-refractivity contribution in [1.29, 1.82) is 0 Å². The normalized spacial score (nSPS) is 16.1. The first-order chi connectivity index (χ1) is 13.2. The fourth-order valence-corrected chi connectivity index (χ4v) is 3.29. The third-order valence-corrected chi connectivity index (χ3v) is 4.62. The van der Waals surface area contributed by atoms with Crippen LogP contribution in [0.25, 0.3) is 17.5 Å². The summed E-state index contributed by atoms with van der Waals surface area (Å²) in [6.07, 6.45) is 5.60. The van der Waals surface area contributed by atoms with Crippen molar-refractivity contribution >= 4 is 11.9 Å². The molecule has 1 aliphatic rings. The van der Waals surface area contributed by atoms with Gasteiger partial charge in [-0.15, -0.1) is 0 Å². The predicted octanol–water partition coefficient (Wildman–Crippen LogP) is 3.26. The Morgan fingerprint density at radius 2 is 2.07 bits per heavy atom. The number of pyridine rings is 1. The lowest BCUT2D eigenvalue weighted by Crippen LogP contribution is -2.47. The number of nitrogens with zero attached hydrogens (tertiary/aromatic N) is 5. The maximum Gasteiger partial charge on any atom is 0.258 e. The quantitative estimate of drug-likeness (QED) is 0.687. The molecule has 4 rings (SSSR count). The van der Waals surface area contributed by atoms with Crippen molar-refractivity contribution in [2.45, 2.75) is 13.8 Å². The molecule has 0 N–H and O–H groups in total. The maximum atomic E-state index is 5.39. The molecule has 3 aromatic heterocycles. The van der Waals surface area contributed by atoms with Gasteiger partial charge in [-0.1, -0.05) is 10.7 Å². The largest absolute Gasteiger partial charge is 0.465 e. The third-order valence-electron chi connectivity index (χ3n) is 4.62. The number of hydrogen-bond donors (Lipinski definition) is 0. The van der Waals surface area contributed by atoms with Crippen molar-refractivity contribution in [3.8, 4) is 11.5 Å². The summed E-state index contributed by atoms with van der Waals surface area (Å²) in [6.45, 7) is 8.77. The number of furan rings is 1. The highest BCUT2D eigenvalue weighted by atomic mass is 16.5. The minimum absolute atomic E-state index is 0.536. The number of aromatic nitrogens is 3. The SMILES string of the molecule is CC(=Cc1ccco1)CN1CCN(c2cc(-c3nc(C)no3)ccn2)CC1. The van der Waals surface area contributed by atoms with Crippen LogP contribution in [0.5, 0.6) is 0 Å². The topological polar surface area (TPSA) is 71.4 Å². The molecule has 0 aromatic carbocycles. The van der Waals surface area contributed by atoms with Crippen molar-refractivity contribution in [3.05, 3.63) is 53.9 Å². The van der Waals surface area contributed by atoms with Gasteiger partial charge in [-0.2, -0.15) is 4.98 Å². The van der Waals surface area contributed by atoms with E-state index in [2.05, 4.69) is 37.9 Å². The summed E-state index contributed by atoms with van der Waals surface area (Å²) in [5, 5.41) is 3.86. The van der Waals surface area contributed by atoms with Crippen LogP contribution < -0.4 is 4.90 Å². The molecule has 0 saturated carbocycles. The monoisotopic (exact) mass is 365 g/mol. The summed E-state index contributed by atoms with van der Waals surface area (Å²) in [6, 6.07) is 7.81. The molecule has 0 bridgehead atoms. The smallest absolute Gasteiger partial charge is 0.258 e. The molecule has 0 radical (unpaired) electrons. The Balaban J connectivity index is 1.36. The van der Waals surface area contributed by atoms with E-state index in [4.69, 9.17) is 8.94 Å². The van der Waals surface area contributed by atoms with Crippen LogP contribution in [0, 0.1) is 6.92 Å². The predicted molar refractivity (Wildman–Crippen MR) is 103 cm³/mol. The van der Waals surface area contributed by atoms with E-state index in [-0.39, 0.29) is 0 Å². The average molecular weight is 365 g/mol. The summed E-state index contributed by atoms with van der Waals surface area (Å²) in [4.78, 5) is 13.6. The molecule has 7 nitrogen and oxygen atoms in total. The highest BCUT2D eigenvalue weighted by molar-refractivity contribution is 5.58. The van der Waals surface area contributed by atoms with Crippen LogP contribution in [0.3, 0.4) is 0 Å². The Morgan fingerprint density at radius 1 is 1.22 bits per heavy atom. The van der Waals surface area contributed by atoms with Gasteiger partial charge in [-0.05, 0) is 44.2 Å². The van der Waals surface area contributed by atoms with E-state index in [1.54, 1.807) is 12.5 Å². The number of aryl methyl sites for hydroxylation is 1. The summed E-state index contributed by atoms with van der Waals surface area (Å²) >= 11 is 0. The summed E-state index contributed by atoms with van der Waals surface area (Å²) in [5.41, 5.74) is 2.20. The van der Waals surface area contributed by atoms with Crippen LogP contribution in [0.15, 0.2) is 51.2 Å². The van der Waals surface area contributed by atoms with Crippen molar-refractivity contribution in [2.24, 2.45) is 0 Å². The zero-order chi connectivity index (χ0) is 18.6. The van der Waals surface area contributed by atoms with Gasteiger partial charge in [-0.25, -0.2) is 4.98 Å². The van der Waals surface area contributed by atoms with Gasteiger partial charge in [0.1, 0.15) is 11.6 Å². The number of piperazine rings is 1. The van der Waals surface area contributed by atoms with Gasteiger partial charge in [0, 0.05) is 44.5 Å². The van der Waals surface area contributed by atoms with E-state index in [0.29, 0.717) is 11.7 Å². The molecule has 1 aliphatic heterocycles. The van der Waals surface area contributed by atoms with E-state index in [9.17, 15) is 0 Å². The molecule has 7 heteroatoms. The second-order valence-corrected chi connectivity index (χ2v) is 6.82. The Bertz CT molecular complexity index is 908. The van der Waals surface area contributed by atoms with Gasteiger partial charge in [0.05, 0.1) is 6.26 Å². The molecular weight excluding hydrogens is 342 g/mol. The van der Waals surface area contributed by atoms with Crippen LogP contribution in [-0.2, 0) is 0 Å². The first-order valence-corrected chi connectivity index (χ1v) is 9.12. The highest BCUT2D eigenvalue weighted by Crippen LogP contribution is 2.22. The van der Waals surface area contributed by atoms with Crippen molar-refractivity contribution in [1.82, 2.24) is 20.0 Å². The first-order valence-electron chi connectivity index (χ1n) is 9.12. The third kappa shape index (κ3) is 4.25. The minimum Gasteiger partial charge on any atom is -0.465 e. The lowest BCUT2D eigenvalue weighted by molar-refractivity contribution is 0.278. The van der Waals surface area contributed by atoms with Gasteiger partial charge in [-0.3, -0.25) is 4.90 Å². The molecule has 1 fully saturated rings. The van der Waals surface area contributed by atoms with Gasteiger partial charge in [0.2, 0.25) is 0 Å². The maximum absolute atomic E-state index is 5.39. The van der Waals surface area contributed by atoms with E-state index >= 15 is 0 Å². The Hall–Kier alpha value is -2.93. The molecule has 3 aromatic rings. The van der Waals surface area contributed by atoms with E-state index < -0.39 is 0 Å². The van der Waals surface area contributed by atoms with Gasteiger partial charge in [0.25, 0.3) is 5.89 Å². The Kier molecular flexibility index (Phi) is 5.02. The molecule has 0 amide bonds. The summed E-state index contributed by atoms with van der Waals surface area (Å²) in [7, 11) is 0. The molecule has 0 unspecified atom stereocenters. The molecule has 0 spiro atoms. The molecule has 1 saturated heterocycles. The summed E-state index contributed by atoms with van der Waals surface area (Å²) in [5.74, 6) is 3.03. The Labute approximate surface area is 158 Å². The second-order valence-electron chi connectivity index (χ2n) is 6.82. The molecule has 0 atom stereocenters. The van der Waals surface area contributed by atoms with Gasteiger partial charge >= 0.3 is 0 Å². The average Bonchev–Trinajstić information content (AvgIpc) is 3.34. The fourth-order valence-electron chi connectivity index (χ4n) is 3.29. The van der Waals surface area contributed by atoms with Crippen molar-refractivity contribution < 1.29 is 8.94 Å². The Morgan fingerprint density at radius 3 is 2.78 bits per heavy atom. The van der Waals surface area contributed by atoms with Gasteiger partial charge in [0.15, 0.2) is 5.82 Å². The molecular formula is C20H23N5O2. The minimum atomic E-state index is 0.536.